The number of H-pyrrole nitrogens is 1. The number of anilines is 1. The molecule has 2 saturated heterocycles. The fraction of sp³-hybridized carbons (Fsp3) is 0.526. The summed E-state index contributed by atoms with van der Waals surface area (Å²) in [7, 11) is 0. The van der Waals surface area contributed by atoms with Crippen LogP contribution in [-0.2, 0) is 4.74 Å². The fourth-order valence-electron chi connectivity index (χ4n) is 3.83. The minimum Gasteiger partial charge on any atom is -0.396 e. The standard InChI is InChI=1S/C19H24ClN3O3/c20-14-7-13-8-17(19(25)23-4-1-12(10-23)11-24)22-18(13)16(9-14)21-15-2-5-26-6-3-15/h7-9,12,15,21-22,24H,1-6,10-11H2. The van der Waals surface area contributed by atoms with Crippen LogP contribution in [0.5, 0.6) is 0 Å². The minimum absolute atomic E-state index is 0.0229. The number of fused-ring (bicyclic) bond motifs is 1. The number of aromatic amines is 1. The Morgan fingerprint density at radius 2 is 2.12 bits per heavy atom. The summed E-state index contributed by atoms with van der Waals surface area (Å²) in [5.74, 6) is 0.161. The molecule has 7 heteroatoms. The van der Waals surface area contributed by atoms with E-state index in [0.29, 0.717) is 29.8 Å². The number of hydrogen-bond acceptors (Lipinski definition) is 4. The van der Waals surface area contributed by atoms with Crippen molar-refractivity contribution in [2.24, 2.45) is 5.92 Å². The Morgan fingerprint density at radius 1 is 1.31 bits per heavy atom. The molecule has 2 aliphatic heterocycles. The number of ether oxygens (including phenoxy) is 1. The summed E-state index contributed by atoms with van der Waals surface area (Å²) in [6, 6.07) is 5.99. The van der Waals surface area contributed by atoms with E-state index in [1.807, 2.05) is 18.2 Å². The van der Waals surface area contributed by atoms with Gasteiger partial charge in [-0.1, -0.05) is 11.6 Å². The lowest BCUT2D eigenvalue weighted by Crippen LogP contribution is -2.29. The third-order valence-electron chi connectivity index (χ3n) is 5.34. The molecule has 0 saturated carbocycles. The number of aliphatic hydroxyl groups excluding tert-OH is 1. The third-order valence-corrected chi connectivity index (χ3v) is 5.55. The number of halogens is 1. The van der Waals surface area contributed by atoms with E-state index >= 15 is 0 Å². The van der Waals surface area contributed by atoms with Gasteiger partial charge in [0.05, 0.1) is 11.2 Å². The van der Waals surface area contributed by atoms with Gasteiger partial charge >= 0.3 is 0 Å². The Balaban J connectivity index is 1.59. The van der Waals surface area contributed by atoms with Crippen molar-refractivity contribution in [3.8, 4) is 0 Å². The highest BCUT2D eigenvalue weighted by atomic mass is 35.5. The number of nitrogens with one attached hydrogen (secondary N) is 2. The summed E-state index contributed by atoms with van der Waals surface area (Å²) < 4.78 is 5.42. The Kier molecular flexibility index (Phi) is 5.07. The molecule has 1 aromatic carbocycles. The molecular formula is C19H24ClN3O3. The Morgan fingerprint density at radius 3 is 2.85 bits per heavy atom. The number of hydrogen-bond donors (Lipinski definition) is 3. The van der Waals surface area contributed by atoms with Crippen LogP contribution >= 0.6 is 11.6 Å². The van der Waals surface area contributed by atoms with Crippen molar-refractivity contribution < 1.29 is 14.6 Å². The maximum Gasteiger partial charge on any atom is 0.270 e. The van der Waals surface area contributed by atoms with Crippen molar-refractivity contribution >= 4 is 34.1 Å². The quantitative estimate of drug-likeness (QED) is 0.765. The summed E-state index contributed by atoms with van der Waals surface area (Å²) >= 11 is 6.29. The highest BCUT2D eigenvalue weighted by Gasteiger charge is 2.27. The number of carbonyl (C=O) groups is 1. The summed E-state index contributed by atoms with van der Waals surface area (Å²) in [5.41, 5.74) is 2.39. The van der Waals surface area contributed by atoms with Crippen molar-refractivity contribution in [2.45, 2.75) is 25.3 Å². The number of carbonyl (C=O) groups excluding carboxylic acids is 1. The van der Waals surface area contributed by atoms with Gasteiger partial charge in [-0.25, -0.2) is 0 Å². The third kappa shape index (κ3) is 3.54. The second-order valence-electron chi connectivity index (χ2n) is 7.22. The zero-order valence-corrected chi connectivity index (χ0v) is 15.4. The highest BCUT2D eigenvalue weighted by Crippen LogP contribution is 2.31. The number of amides is 1. The molecule has 1 aromatic heterocycles. The largest absolute Gasteiger partial charge is 0.396 e. The molecule has 140 valence electrons. The van der Waals surface area contributed by atoms with E-state index in [1.165, 1.54) is 0 Å². The van der Waals surface area contributed by atoms with Gasteiger partial charge in [0, 0.05) is 55.3 Å². The Bertz CT molecular complexity index is 801. The first-order valence-electron chi connectivity index (χ1n) is 9.20. The molecule has 0 spiro atoms. The second kappa shape index (κ2) is 7.47. The topological polar surface area (TPSA) is 77.6 Å². The van der Waals surface area contributed by atoms with Crippen molar-refractivity contribution in [3.05, 3.63) is 28.9 Å². The van der Waals surface area contributed by atoms with Crippen molar-refractivity contribution in [2.75, 3.05) is 38.2 Å². The average molecular weight is 378 g/mol. The lowest BCUT2D eigenvalue weighted by atomic mass is 10.1. The van der Waals surface area contributed by atoms with Gasteiger partial charge < -0.3 is 25.0 Å². The van der Waals surface area contributed by atoms with E-state index in [0.717, 1.165) is 49.1 Å². The molecule has 0 bridgehead atoms. The Hall–Kier alpha value is -1.76. The summed E-state index contributed by atoms with van der Waals surface area (Å²) in [6.07, 6.45) is 2.76. The van der Waals surface area contributed by atoms with Crippen molar-refractivity contribution in [1.82, 2.24) is 9.88 Å². The lowest BCUT2D eigenvalue weighted by molar-refractivity contribution is 0.0777. The normalized spacial score (nSPS) is 21.5. The lowest BCUT2D eigenvalue weighted by Gasteiger charge is -2.24. The van der Waals surface area contributed by atoms with E-state index in [-0.39, 0.29) is 18.4 Å². The number of benzene rings is 1. The molecule has 26 heavy (non-hydrogen) atoms. The van der Waals surface area contributed by atoms with E-state index < -0.39 is 0 Å². The monoisotopic (exact) mass is 377 g/mol. The van der Waals surface area contributed by atoms with Crippen molar-refractivity contribution in [3.63, 3.8) is 0 Å². The summed E-state index contributed by atoms with van der Waals surface area (Å²) in [4.78, 5) is 17.9. The molecule has 6 nitrogen and oxygen atoms in total. The second-order valence-corrected chi connectivity index (χ2v) is 7.66. The van der Waals surface area contributed by atoms with Crippen LogP contribution in [0.4, 0.5) is 5.69 Å². The van der Waals surface area contributed by atoms with Crippen LogP contribution in [0.2, 0.25) is 5.02 Å². The predicted molar refractivity (Wildman–Crippen MR) is 102 cm³/mol. The van der Waals surface area contributed by atoms with Crippen LogP contribution < -0.4 is 5.32 Å². The van der Waals surface area contributed by atoms with Crippen LogP contribution in [0.3, 0.4) is 0 Å². The molecule has 3 heterocycles. The zero-order chi connectivity index (χ0) is 18.1. The van der Waals surface area contributed by atoms with Gasteiger partial charge in [-0.2, -0.15) is 0 Å². The molecule has 2 aromatic rings. The Labute approximate surface area is 157 Å². The van der Waals surface area contributed by atoms with Gasteiger partial charge in [-0.3, -0.25) is 4.79 Å². The first kappa shape index (κ1) is 17.6. The van der Waals surface area contributed by atoms with Gasteiger partial charge in [0.1, 0.15) is 5.69 Å². The molecule has 2 aliphatic rings. The molecule has 4 rings (SSSR count). The molecule has 1 unspecified atom stereocenters. The first-order chi connectivity index (χ1) is 12.6. The summed E-state index contributed by atoms with van der Waals surface area (Å²) in [5, 5.41) is 14.4. The molecular weight excluding hydrogens is 354 g/mol. The maximum atomic E-state index is 12.8. The highest BCUT2D eigenvalue weighted by molar-refractivity contribution is 6.32. The minimum atomic E-state index is -0.0229. The van der Waals surface area contributed by atoms with Crippen LogP contribution in [0.15, 0.2) is 18.2 Å². The molecule has 2 fully saturated rings. The van der Waals surface area contributed by atoms with E-state index in [1.54, 1.807) is 4.90 Å². The predicted octanol–water partition coefficient (Wildman–Crippen LogP) is 2.87. The number of nitrogens with zero attached hydrogens (tertiary/aromatic N) is 1. The van der Waals surface area contributed by atoms with Crippen LogP contribution in [0, 0.1) is 5.92 Å². The summed E-state index contributed by atoms with van der Waals surface area (Å²) in [6.45, 7) is 2.95. The SMILES string of the molecule is O=C(c1cc2cc(Cl)cc(NC3CCOCC3)c2[nH]1)N1CCC(CO)C1. The fourth-order valence-corrected chi connectivity index (χ4v) is 4.06. The number of aliphatic hydroxyl groups is 1. The van der Waals surface area contributed by atoms with Gasteiger partial charge in [0.15, 0.2) is 0 Å². The molecule has 0 radical (unpaired) electrons. The van der Waals surface area contributed by atoms with Gasteiger partial charge in [-0.15, -0.1) is 0 Å². The molecule has 0 aliphatic carbocycles. The number of likely N-dealkylation sites (tertiary alicyclic amines) is 1. The van der Waals surface area contributed by atoms with Crippen molar-refractivity contribution in [1.29, 1.82) is 0 Å². The first-order valence-corrected chi connectivity index (χ1v) is 9.58. The van der Waals surface area contributed by atoms with Gasteiger partial charge in [0.25, 0.3) is 5.91 Å². The number of aromatic nitrogens is 1. The number of rotatable bonds is 4. The zero-order valence-electron chi connectivity index (χ0n) is 14.6. The van der Waals surface area contributed by atoms with E-state index in [2.05, 4.69) is 10.3 Å². The van der Waals surface area contributed by atoms with E-state index in [4.69, 9.17) is 16.3 Å². The van der Waals surface area contributed by atoms with Crippen LogP contribution in [0.25, 0.3) is 10.9 Å². The van der Waals surface area contributed by atoms with Crippen LogP contribution in [0.1, 0.15) is 29.8 Å². The molecule has 1 atom stereocenters. The van der Waals surface area contributed by atoms with Gasteiger partial charge in [0.2, 0.25) is 0 Å². The maximum absolute atomic E-state index is 12.8. The molecule has 3 N–H and O–H groups in total. The smallest absolute Gasteiger partial charge is 0.270 e. The van der Waals surface area contributed by atoms with E-state index in [9.17, 15) is 9.90 Å². The van der Waals surface area contributed by atoms with Crippen LogP contribution in [-0.4, -0.2) is 59.8 Å². The van der Waals surface area contributed by atoms with Gasteiger partial charge in [-0.05, 0) is 37.5 Å². The molecule has 1 amide bonds. The average Bonchev–Trinajstić information content (AvgIpc) is 3.29.